The van der Waals surface area contributed by atoms with Gasteiger partial charge in [-0.2, -0.15) is 0 Å². The molecule has 12 heteroatoms. The fourth-order valence-electron chi connectivity index (χ4n) is 3.35. The SMILES string of the molecule is CCP(C)(C)=O.COc1cc(NC(=O)Nc2cccc(CNC(=O)O[C@H]3CCOC3)c2)ccc1-c1cnco1. The lowest BCUT2D eigenvalue weighted by Crippen LogP contribution is -2.28. The van der Waals surface area contributed by atoms with Gasteiger partial charge >= 0.3 is 12.1 Å². The van der Waals surface area contributed by atoms with Crippen molar-refractivity contribution in [2.24, 2.45) is 0 Å². The van der Waals surface area contributed by atoms with E-state index < -0.39 is 19.3 Å². The molecule has 0 saturated carbocycles. The number of methoxy groups -OCH3 is 1. The van der Waals surface area contributed by atoms with Crippen molar-refractivity contribution in [2.45, 2.75) is 26.0 Å². The summed E-state index contributed by atoms with van der Waals surface area (Å²) in [4.78, 5) is 28.3. The number of oxazole rings is 1. The highest BCUT2D eigenvalue weighted by atomic mass is 31.2. The fraction of sp³-hybridized carbons (Fsp3) is 0.370. The minimum Gasteiger partial charge on any atom is -0.496 e. The monoisotopic (exact) mass is 558 g/mol. The first-order valence-electron chi connectivity index (χ1n) is 12.5. The average Bonchev–Trinajstić information content (AvgIpc) is 3.62. The quantitative estimate of drug-likeness (QED) is 0.302. The van der Waals surface area contributed by atoms with Crippen molar-refractivity contribution >= 4 is 30.6 Å². The van der Waals surface area contributed by atoms with Gasteiger partial charge in [0.15, 0.2) is 12.2 Å². The topological polar surface area (TPSA) is 141 Å². The molecule has 1 aliphatic heterocycles. The van der Waals surface area contributed by atoms with E-state index >= 15 is 0 Å². The van der Waals surface area contributed by atoms with E-state index in [1.807, 2.05) is 13.0 Å². The number of ether oxygens (including phenoxy) is 3. The maximum absolute atomic E-state index is 12.5. The molecule has 1 fully saturated rings. The summed E-state index contributed by atoms with van der Waals surface area (Å²) < 4.78 is 31.8. The van der Waals surface area contributed by atoms with Gasteiger partial charge in [-0.25, -0.2) is 14.6 Å². The number of hydrogen-bond acceptors (Lipinski definition) is 8. The molecule has 1 atom stereocenters. The van der Waals surface area contributed by atoms with Gasteiger partial charge in [0.1, 0.15) is 11.9 Å². The molecule has 3 aromatic rings. The number of nitrogens with one attached hydrogen (secondary N) is 3. The molecule has 3 N–H and O–H groups in total. The lowest BCUT2D eigenvalue weighted by atomic mass is 10.1. The second kappa shape index (κ2) is 14.4. The third-order valence-corrected chi connectivity index (χ3v) is 7.23. The van der Waals surface area contributed by atoms with E-state index in [1.54, 1.807) is 55.9 Å². The Morgan fingerprint density at radius 2 is 1.87 bits per heavy atom. The number of urea groups is 1. The molecule has 0 aliphatic carbocycles. The first-order valence-corrected chi connectivity index (χ1v) is 15.3. The number of carbonyl (C=O) groups is 2. The first-order chi connectivity index (χ1) is 18.7. The van der Waals surface area contributed by atoms with Crippen molar-refractivity contribution in [3.63, 3.8) is 0 Å². The van der Waals surface area contributed by atoms with E-state index in [0.717, 1.165) is 17.3 Å². The van der Waals surface area contributed by atoms with Crippen LogP contribution in [-0.4, -0.2) is 63.0 Å². The number of amides is 3. The Bertz CT molecular complexity index is 1270. The zero-order chi connectivity index (χ0) is 28.3. The number of anilines is 2. The summed E-state index contributed by atoms with van der Waals surface area (Å²) in [5, 5.41) is 8.25. The minimum absolute atomic E-state index is 0.204. The maximum atomic E-state index is 12.5. The molecular weight excluding hydrogens is 523 g/mol. The summed E-state index contributed by atoms with van der Waals surface area (Å²) in [7, 11) is -0.109. The zero-order valence-corrected chi connectivity index (χ0v) is 23.5. The lowest BCUT2D eigenvalue weighted by molar-refractivity contribution is 0.0828. The number of nitrogens with zero attached hydrogens (tertiary/aromatic N) is 1. The number of hydrogen-bond donors (Lipinski definition) is 3. The molecule has 1 saturated heterocycles. The fourth-order valence-corrected chi connectivity index (χ4v) is 3.35. The number of carbonyl (C=O) groups excluding carboxylic acids is 2. The Hall–Kier alpha value is -3.82. The number of benzene rings is 2. The van der Waals surface area contributed by atoms with E-state index in [9.17, 15) is 14.2 Å². The van der Waals surface area contributed by atoms with E-state index in [0.29, 0.717) is 42.5 Å². The van der Waals surface area contributed by atoms with Crippen LogP contribution in [0.3, 0.4) is 0 Å². The highest BCUT2D eigenvalue weighted by molar-refractivity contribution is 7.62. The van der Waals surface area contributed by atoms with Gasteiger partial charge in [0.05, 0.1) is 39.2 Å². The molecule has 2 aromatic carbocycles. The summed E-state index contributed by atoms with van der Waals surface area (Å²) in [6.07, 6.45) is 3.76. The van der Waals surface area contributed by atoms with Crippen LogP contribution in [0.4, 0.5) is 21.0 Å². The van der Waals surface area contributed by atoms with Crippen LogP contribution in [0.2, 0.25) is 0 Å². The molecule has 0 bridgehead atoms. The van der Waals surface area contributed by atoms with Gasteiger partial charge in [-0.3, -0.25) is 0 Å². The molecule has 0 spiro atoms. The number of alkyl carbamates (subject to hydrolysis) is 1. The summed E-state index contributed by atoms with van der Waals surface area (Å²) in [6.45, 7) is 6.84. The van der Waals surface area contributed by atoms with Gasteiger partial charge < -0.3 is 39.1 Å². The van der Waals surface area contributed by atoms with Gasteiger partial charge in [0, 0.05) is 30.4 Å². The second-order valence-corrected chi connectivity index (χ2v) is 13.0. The molecule has 2 heterocycles. The van der Waals surface area contributed by atoms with Crippen LogP contribution in [0.15, 0.2) is 59.5 Å². The molecule has 11 nitrogen and oxygen atoms in total. The van der Waals surface area contributed by atoms with Crippen LogP contribution >= 0.6 is 7.14 Å². The highest BCUT2D eigenvalue weighted by Crippen LogP contribution is 2.34. The van der Waals surface area contributed by atoms with Gasteiger partial charge in [-0.15, -0.1) is 0 Å². The van der Waals surface area contributed by atoms with Gasteiger partial charge in [0.2, 0.25) is 0 Å². The smallest absolute Gasteiger partial charge is 0.407 e. The van der Waals surface area contributed by atoms with E-state index in [2.05, 4.69) is 20.9 Å². The Morgan fingerprint density at radius 1 is 1.13 bits per heavy atom. The Morgan fingerprint density at radius 3 is 2.49 bits per heavy atom. The normalized spacial score (nSPS) is 14.5. The first kappa shape index (κ1) is 29.7. The van der Waals surface area contributed by atoms with Gasteiger partial charge in [-0.1, -0.05) is 19.1 Å². The molecule has 3 amide bonds. The van der Waals surface area contributed by atoms with Crippen LogP contribution in [0, 0.1) is 0 Å². The third-order valence-electron chi connectivity index (χ3n) is 5.70. The second-order valence-electron chi connectivity index (χ2n) is 9.19. The van der Waals surface area contributed by atoms with E-state index in [4.69, 9.17) is 18.6 Å². The van der Waals surface area contributed by atoms with Crippen molar-refractivity contribution < 1.29 is 32.8 Å². The predicted molar refractivity (Wildman–Crippen MR) is 150 cm³/mol. The zero-order valence-electron chi connectivity index (χ0n) is 22.6. The van der Waals surface area contributed by atoms with Crippen molar-refractivity contribution in [2.75, 3.05) is 50.4 Å². The minimum atomic E-state index is -1.65. The molecule has 0 radical (unpaired) electrons. The molecule has 0 unspecified atom stereocenters. The van der Waals surface area contributed by atoms with Crippen molar-refractivity contribution in [3.05, 3.63) is 60.6 Å². The lowest BCUT2D eigenvalue weighted by Gasteiger charge is -2.13. The molecule has 39 heavy (non-hydrogen) atoms. The summed E-state index contributed by atoms with van der Waals surface area (Å²) in [6, 6.07) is 11.9. The molecule has 210 valence electrons. The van der Waals surface area contributed by atoms with E-state index in [1.165, 1.54) is 13.5 Å². The highest BCUT2D eigenvalue weighted by Gasteiger charge is 2.19. The molecule has 1 aliphatic rings. The summed E-state index contributed by atoms with van der Waals surface area (Å²) in [5.74, 6) is 1.10. The van der Waals surface area contributed by atoms with Crippen LogP contribution < -0.4 is 20.7 Å². The van der Waals surface area contributed by atoms with Crippen LogP contribution in [-0.2, 0) is 20.6 Å². The van der Waals surface area contributed by atoms with Crippen molar-refractivity contribution in [3.8, 4) is 17.1 Å². The Kier molecular flexibility index (Phi) is 11.0. The maximum Gasteiger partial charge on any atom is 0.407 e. The van der Waals surface area contributed by atoms with Crippen molar-refractivity contribution in [1.29, 1.82) is 0 Å². The standard InChI is InChI=1S/C23H24N4O6.C4H11OP/c1-30-20-10-17(5-6-19(20)21-12-24-14-32-21)27-22(28)26-16-4-2-3-15(9-16)11-25-23(29)33-18-7-8-31-13-18;1-4-6(2,3)5/h2-6,9-10,12,14,18H,7-8,11,13H2,1H3,(H,25,29)(H2,26,27,28);4H2,1-3H3/t18-;/m0./s1. The van der Waals surface area contributed by atoms with Gasteiger partial charge in [0.25, 0.3) is 0 Å². The summed E-state index contributed by atoms with van der Waals surface area (Å²) in [5.41, 5.74) is 2.66. The number of aromatic nitrogens is 1. The third kappa shape index (κ3) is 10.1. The van der Waals surface area contributed by atoms with Crippen molar-refractivity contribution in [1.82, 2.24) is 10.3 Å². The molecular formula is C27H35N4O7P. The summed E-state index contributed by atoms with van der Waals surface area (Å²) >= 11 is 0. The largest absolute Gasteiger partial charge is 0.496 e. The van der Waals surface area contributed by atoms with Gasteiger partial charge in [-0.05, 0) is 49.3 Å². The van der Waals surface area contributed by atoms with Crippen LogP contribution in [0.5, 0.6) is 5.75 Å². The Balaban J connectivity index is 0.000000631. The molecule has 1 aromatic heterocycles. The van der Waals surface area contributed by atoms with E-state index in [-0.39, 0.29) is 12.6 Å². The average molecular weight is 559 g/mol. The Labute approximate surface area is 228 Å². The van der Waals surface area contributed by atoms with Crippen LogP contribution in [0.25, 0.3) is 11.3 Å². The number of rotatable bonds is 8. The van der Waals surface area contributed by atoms with Crippen LogP contribution in [0.1, 0.15) is 18.9 Å². The molecule has 4 rings (SSSR count). The predicted octanol–water partition coefficient (Wildman–Crippen LogP) is 5.64.